The molecule has 1 aliphatic heterocycles. The highest BCUT2D eigenvalue weighted by molar-refractivity contribution is 6.28. The Morgan fingerprint density at radius 3 is 2.79 bits per heavy atom. The molecule has 1 aliphatic rings. The van der Waals surface area contributed by atoms with Crippen LogP contribution in [-0.4, -0.2) is 42.4 Å². The van der Waals surface area contributed by atoms with E-state index in [4.69, 9.17) is 21.1 Å². The summed E-state index contributed by atoms with van der Waals surface area (Å²) < 4.78 is 48.1. The zero-order chi connectivity index (χ0) is 13.9. The van der Waals surface area contributed by atoms with Gasteiger partial charge in [-0.2, -0.15) is 13.2 Å². The van der Waals surface area contributed by atoms with Crippen molar-refractivity contribution in [2.24, 2.45) is 0 Å². The molecule has 0 bridgehead atoms. The van der Waals surface area contributed by atoms with Crippen LogP contribution in [0.15, 0.2) is 6.07 Å². The summed E-state index contributed by atoms with van der Waals surface area (Å²) in [5, 5.41) is 2.27. The third-order valence-electron chi connectivity index (χ3n) is 2.39. The van der Waals surface area contributed by atoms with Crippen LogP contribution >= 0.6 is 11.6 Å². The Hall–Kier alpha value is -1.12. The normalized spacial score (nSPS) is 20.3. The summed E-state index contributed by atoms with van der Waals surface area (Å²) in [7, 11) is 0. The molecule has 0 aromatic carbocycles. The molecule has 1 N–H and O–H groups in total. The largest absolute Gasteiger partial charge is 0.433 e. The van der Waals surface area contributed by atoms with Crippen LogP contribution in [0.25, 0.3) is 0 Å². The van der Waals surface area contributed by atoms with Crippen LogP contribution in [0.3, 0.4) is 0 Å². The zero-order valence-electron chi connectivity index (χ0n) is 9.71. The Labute approximate surface area is 112 Å². The van der Waals surface area contributed by atoms with E-state index in [1.165, 1.54) is 0 Å². The maximum Gasteiger partial charge on any atom is 0.433 e. The Balaban J connectivity index is 2.01. The van der Waals surface area contributed by atoms with E-state index < -0.39 is 17.2 Å². The molecular weight excluding hydrogens is 287 g/mol. The Morgan fingerprint density at radius 2 is 2.16 bits per heavy atom. The van der Waals surface area contributed by atoms with Gasteiger partial charge in [0.25, 0.3) is 0 Å². The molecule has 1 saturated heterocycles. The van der Waals surface area contributed by atoms with Gasteiger partial charge in [-0.05, 0) is 11.6 Å². The van der Waals surface area contributed by atoms with Crippen LogP contribution in [0.2, 0.25) is 5.28 Å². The lowest BCUT2D eigenvalue weighted by molar-refractivity contribution is -0.141. The maximum atomic E-state index is 12.5. The molecule has 0 spiro atoms. The number of halogens is 4. The average molecular weight is 298 g/mol. The van der Waals surface area contributed by atoms with E-state index in [-0.39, 0.29) is 18.5 Å². The number of ether oxygens (including phenoxy) is 2. The maximum absolute atomic E-state index is 12.5. The van der Waals surface area contributed by atoms with E-state index in [2.05, 4.69) is 15.3 Å². The fraction of sp³-hybridized carbons (Fsp3) is 0.600. The van der Waals surface area contributed by atoms with E-state index in [1.54, 1.807) is 0 Å². The number of alkyl halides is 3. The van der Waals surface area contributed by atoms with Gasteiger partial charge in [-0.25, -0.2) is 9.97 Å². The van der Waals surface area contributed by atoms with Gasteiger partial charge in [-0.15, -0.1) is 0 Å². The molecule has 1 aromatic rings. The van der Waals surface area contributed by atoms with E-state index in [0.717, 1.165) is 6.07 Å². The van der Waals surface area contributed by atoms with Gasteiger partial charge < -0.3 is 14.8 Å². The van der Waals surface area contributed by atoms with Crippen molar-refractivity contribution in [2.75, 3.05) is 31.7 Å². The topological polar surface area (TPSA) is 56.3 Å². The van der Waals surface area contributed by atoms with Crippen molar-refractivity contribution in [3.63, 3.8) is 0 Å². The lowest BCUT2D eigenvalue weighted by Crippen LogP contribution is -2.34. The molecule has 1 aromatic heterocycles. The second-order valence-electron chi connectivity index (χ2n) is 3.85. The van der Waals surface area contributed by atoms with Crippen molar-refractivity contribution in [3.05, 3.63) is 17.0 Å². The quantitative estimate of drug-likeness (QED) is 0.865. The second-order valence-corrected chi connectivity index (χ2v) is 4.19. The fourth-order valence-corrected chi connectivity index (χ4v) is 1.71. The van der Waals surface area contributed by atoms with E-state index in [1.807, 2.05) is 0 Å². The van der Waals surface area contributed by atoms with Crippen LogP contribution in [-0.2, 0) is 15.7 Å². The predicted molar refractivity (Wildman–Crippen MR) is 61.1 cm³/mol. The van der Waals surface area contributed by atoms with Crippen LogP contribution in [0.1, 0.15) is 5.69 Å². The van der Waals surface area contributed by atoms with Crippen LogP contribution in [0.4, 0.5) is 19.0 Å². The molecule has 0 radical (unpaired) electrons. The highest BCUT2D eigenvalue weighted by Crippen LogP contribution is 2.29. The highest BCUT2D eigenvalue weighted by atomic mass is 35.5. The number of nitrogens with one attached hydrogen (secondary N) is 1. The monoisotopic (exact) mass is 297 g/mol. The molecule has 1 fully saturated rings. The minimum absolute atomic E-state index is 0.00139. The first kappa shape index (κ1) is 14.3. The van der Waals surface area contributed by atoms with E-state index in [9.17, 15) is 13.2 Å². The van der Waals surface area contributed by atoms with Gasteiger partial charge in [0.2, 0.25) is 5.28 Å². The van der Waals surface area contributed by atoms with Gasteiger partial charge in [-0.1, -0.05) is 0 Å². The van der Waals surface area contributed by atoms with E-state index in [0.29, 0.717) is 19.8 Å². The molecule has 9 heteroatoms. The second kappa shape index (κ2) is 5.89. The van der Waals surface area contributed by atoms with E-state index >= 15 is 0 Å². The minimum atomic E-state index is -4.56. The van der Waals surface area contributed by atoms with Crippen LogP contribution in [0.5, 0.6) is 0 Å². The van der Waals surface area contributed by atoms with Crippen LogP contribution < -0.4 is 5.32 Å². The van der Waals surface area contributed by atoms with Crippen molar-refractivity contribution in [3.8, 4) is 0 Å². The fourth-order valence-electron chi connectivity index (χ4n) is 1.53. The molecule has 106 valence electrons. The zero-order valence-corrected chi connectivity index (χ0v) is 10.5. The average Bonchev–Trinajstić information content (AvgIpc) is 2.36. The summed E-state index contributed by atoms with van der Waals surface area (Å²) in [4.78, 5) is 6.81. The predicted octanol–water partition coefficient (Wildman–Crippen LogP) is 1.98. The molecule has 2 rings (SSSR count). The number of anilines is 1. The molecule has 2 heterocycles. The van der Waals surface area contributed by atoms with Crippen molar-refractivity contribution < 1.29 is 22.6 Å². The number of hydrogen-bond acceptors (Lipinski definition) is 5. The summed E-state index contributed by atoms with van der Waals surface area (Å²) in [6.45, 7) is 1.65. The van der Waals surface area contributed by atoms with Gasteiger partial charge in [0.05, 0.1) is 25.9 Å². The van der Waals surface area contributed by atoms with Gasteiger partial charge >= 0.3 is 6.18 Å². The molecule has 0 amide bonds. The third-order valence-corrected chi connectivity index (χ3v) is 2.55. The molecule has 1 atom stereocenters. The standard InChI is InChI=1S/C10H11ClF3N3O2/c11-9-16-7(10(12,13)14)3-8(17-9)15-4-6-5-18-1-2-19-6/h3,6H,1-2,4-5H2,(H,15,16,17). The molecule has 0 saturated carbocycles. The highest BCUT2D eigenvalue weighted by Gasteiger charge is 2.33. The van der Waals surface area contributed by atoms with Gasteiger partial charge in [0, 0.05) is 12.6 Å². The third kappa shape index (κ3) is 4.19. The summed E-state index contributed by atoms with van der Waals surface area (Å²) >= 11 is 5.46. The Morgan fingerprint density at radius 1 is 1.37 bits per heavy atom. The summed E-state index contributed by atoms with van der Waals surface area (Å²) in [6.07, 6.45) is -4.79. The SMILES string of the molecule is FC(F)(F)c1cc(NCC2COCCO2)nc(Cl)n1. The molecule has 1 unspecified atom stereocenters. The van der Waals surface area contributed by atoms with Crippen molar-refractivity contribution in [1.82, 2.24) is 9.97 Å². The van der Waals surface area contributed by atoms with Crippen molar-refractivity contribution in [1.29, 1.82) is 0 Å². The number of rotatable bonds is 3. The lowest BCUT2D eigenvalue weighted by Gasteiger charge is -2.23. The number of hydrogen-bond donors (Lipinski definition) is 1. The van der Waals surface area contributed by atoms with Crippen molar-refractivity contribution in [2.45, 2.75) is 12.3 Å². The molecule has 19 heavy (non-hydrogen) atoms. The summed E-state index contributed by atoms with van der Waals surface area (Å²) in [5.41, 5.74) is -1.09. The first-order valence-corrected chi connectivity index (χ1v) is 5.88. The van der Waals surface area contributed by atoms with Gasteiger partial charge in [0.1, 0.15) is 5.82 Å². The Kier molecular flexibility index (Phi) is 4.43. The van der Waals surface area contributed by atoms with Crippen molar-refractivity contribution >= 4 is 17.4 Å². The summed E-state index contributed by atoms with van der Waals surface area (Å²) in [6, 6.07) is 0.801. The molecule has 5 nitrogen and oxygen atoms in total. The smallest absolute Gasteiger partial charge is 0.376 e. The first-order valence-electron chi connectivity index (χ1n) is 5.50. The minimum Gasteiger partial charge on any atom is -0.376 e. The Bertz CT molecular complexity index is 439. The number of aromatic nitrogens is 2. The molecular formula is C10H11ClF3N3O2. The van der Waals surface area contributed by atoms with Gasteiger partial charge in [-0.3, -0.25) is 0 Å². The number of nitrogens with zero attached hydrogens (tertiary/aromatic N) is 2. The summed E-state index contributed by atoms with van der Waals surface area (Å²) in [5.74, 6) is 0.00139. The molecule has 0 aliphatic carbocycles. The van der Waals surface area contributed by atoms with Gasteiger partial charge in [0.15, 0.2) is 5.69 Å². The lowest BCUT2D eigenvalue weighted by atomic mass is 10.3. The van der Waals surface area contributed by atoms with Crippen LogP contribution in [0, 0.1) is 0 Å². The first-order chi connectivity index (χ1) is 8.95.